The van der Waals surface area contributed by atoms with E-state index in [2.05, 4.69) is 55.5 Å². The van der Waals surface area contributed by atoms with Crippen LogP contribution >= 0.6 is 0 Å². The molecule has 0 unspecified atom stereocenters. The molecule has 6 heteroatoms. The van der Waals surface area contributed by atoms with E-state index in [0.717, 1.165) is 48.4 Å². The first kappa shape index (κ1) is 18.7. The number of aromatic nitrogens is 3. The second-order valence-electron chi connectivity index (χ2n) is 8.98. The summed E-state index contributed by atoms with van der Waals surface area (Å²) in [7, 11) is 0. The van der Waals surface area contributed by atoms with Crippen LogP contribution in [-0.2, 0) is 5.41 Å². The molecule has 2 heterocycles. The van der Waals surface area contributed by atoms with E-state index in [4.69, 9.17) is 16.5 Å². The molecule has 0 bridgehead atoms. The van der Waals surface area contributed by atoms with E-state index in [0.29, 0.717) is 17.8 Å². The number of fused-ring (bicyclic) bond motifs is 1. The number of imidazole rings is 1. The maximum atomic E-state index is 6.05. The lowest BCUT2D eigenvalue weighted by Crippen LogP contribution is -2.25. The Hall–Kier alpha value is -2.60. The molecule has 2 aromatic heterocycles. The fraction of sp³-hybridized carbons (Fsp3) is 0.455. The van der Waals surface area contributed by atoms with Crippen LogP contribution < -0.4 is 16.8 Å². The Kier molecular flexibility index (Phi) is 4.75. The summed E-state index contributed by atoms with van der Waals surface area (Å²) in [5, 5.41) is 7.89. The van der Waals surface area contributed by atoms with Gasteiger partial charge in [0.1, 0.15) is 5.82 Å². The highest BCUT2D eigenvalue weighted by atomic mass is 15.3. The zero-order valence-electron chi connectivity index (χ0n) is 16.9. The number of hydrogen-bond acceptors (Lipinski definition) is 5. The van der Waals surface area contributed by atoms with E-state index in [1.165, 1.54) is 5.56 Å². The Morgan fingerprint density at radius 1 is 1.07 bits per heavy atom. The normalized spacial score (nSPS) is 20.4. The van der Waals surface area contributed by atoms with Crippen molar-refractivity contribution in [2.75, 3.05) is 11.1 Å². The first-order valence-corrected chi connectivity index (χ1v) is 10.1. The molecule has 3 aromatic rings. The second-order valence-corrected chi connectivity index (χ2v) is 8.98. The van der Waals surface area contributed by atoms with Crippen molar-refractivity contribution in [3.05, 3.63) is 47.8 Å². The molecule has 0 saturated heterocycles. The number of benzene rings is 1. The summed E-state index contributed by atoms with van der Waals surface area (Å²) in [6.07, 6.45) is 6.29. The van der Waals surface area contributed by atoms with Crippen LogP contribution in [0.2, 0.25) is 0 Å². The zero-order chi connectivity index (χ0) is 19.9. The van der Waals surface area contributed by atoms with Crippen molar-refractivity contribution in [3.8, 4) is 0 Å². The monoisotopic (exact) mass is 378 g/mol. The topological polar surface area (TPSA) is 94.3 Å². The van der Waals surface area contributed by atoms with Crippen LogP contribution in [0, 0.1) is 0 Å². The van der Waals surface area contributed by atoms with Gasteiger partial charge < -0.3 is 16.8 Å². The predicted molar refractivity (Wildman–Crippen MR) is 115 cm³/mol. The minimum atomic E-state index is 0.132. The van der Waals surface area contributed by atoms with Crippen molar-refractivity contribution in [3.63, 3.8) is 0 Å². The average Bonchev–Trinajstić information content (AvgIpc) is 3.06. The lowest BCUT2D eigenvalue weighted by atomic mass is 9.85. The fourth-order valence-corrected chi connectivity index (χ4v) is 3.93. The summed E-state index contributed by atoms with van der Waals surface area (Å²) < 4.78 is 1.80. The van der Waals surface area contributed by atoms with E-state index in [1.54, 1.807) is 4.52 Å². The van der Waals surface area contributed by atoms with E-state index in [1.807, 2.05) is 12.3 Å². The van der Waals surface area contributed by atoms with Crippen LogP contribution in [0.5, 0.6) is 0 Å². The smallest absolute Gasteiger partial charge is 0.177 e. The Morgan fingerprint density at radius 2 is 1.75 bits per heavy atom. The Morgan fingerprint density at radius 3 is 2.39 bits per heavy atom. The van der Waals surface area contributed by atoms with Gasteiger partial charge in [0.2, 0.25) is 0 Å². The molecule has 0 radical (unpaired) electrons. The third-order valence-electron chi connectivity index (χ3n) is 5.68. The van der Waals surface area contributed by atoms with Gasteiger partial charge in [-0.2, -0.15) is 0 Å². The largest absolute Gasteiger partial charge is 0.382 e. The first-order valence-electron chi connectivity index (χ1n) is 10.1. The van der Waals surface area contributed by atoms with Crippen molar-refractivity contribution in [1.82, 2.24) is 14.6 Å². The van der Waals surface area contributed by atoms with Crippen molar-refractivity contribution >= 4 is 22.8 Å². The minimum absolute atomic E-state index is 0.132. The summed E-state index contributed by atoms with van der Waals surface area (Å²) in [6, 6.07) is 10.7. The van der Waals surface area contributed by atoms with Crippen molar-refractivity contribution in [2.24, 2.45) is 5.73 Å². The summed E-state index contributed by atoms with van der Waals surface area (Å²) in [6.45, 7) is 6.65. The van der Waals surface area contributed by atoms with Crippen molar-refractivity contribution in [1.29, 1.82) is 0 Å². The molecular weight excluding hydrogens is 348 g/mol. The van der Waals surface area contributed by atoms with Crippen LogP contribution in [0.25, 0.3) is 5.65 Å². The number of nitrogens with zero attached hydrogens (tertiary/aromatic N) is 3. The number of nitrogens with two attached hydrogens (primary N) is 2. The zero-order valence-corrected chi connectivity index (χ0v) is 16.9. The van der Waals surface area contributed by atoms with Gasteiger partial charge in [0.15, 0.2) is 5.65 Å². The molecule has 0 amide bonds. The van der Waals surface area contributed by atoms with Gasteiger partial charge in [-0.05, 0) is 48.8 Å². The molecule has 6 nitrogen and oxygen atoms in total. The van der Waals surface area contributed by atoms with E-state index < -0.39 is 0 Å². The Balaban J connectivity index is 1.63. The molecule has 1 aromatic carbocycles. The highest BCUT2D eigenvalue weighted by molar-refractivity contribution is 5.75. The molecule has 1 aliphatic rings. The van der Waals surface area contributed by atoms with E-state index >= 15 is 0 Å². The molecule has 0 atom stereocenters. The molecule has 28 heavy (non-hydrogen) atoms. The number of nitrogen functional groups attached to an aromatic ring is 1. The fourth-order valence-electron chi connectivity index (χ4n) is 3.93. The quantitative estimate of drug-likeness (QED) is 0.630. The molecule has 5 N–H and O–H groups in total. The van der Waals surface area contributed by atoms with Crippen LogP contribution in [0.15, 0.2) is 36.5 Å². The molecule has 0 aliphatic heterocycles. The van der Waals surface area contributed by atoms with Crippen molar-refractivity contribution in [2.45, 2.75) is 63.8 Å². The SMILES string of the molecule is CC(C)(C)c1ccc(Nc2cc(N)nn3cc(C4CCC(N)CC4)nc23)cc1. The molecule has 1 saturated carbocycles. The van der Waals surface area contributed by atoms with Gasteiger partial charge >= 0.3 is 0 Å². The number of nitrogens with one attached hydrogen (secondary N) is 1. The van der Waals surface area contributed by atoms with E-state index in [9.17, 15) is 0 Å². The Bertz CT molecular complexity index is 959. The highest BCUT2D eigenvalue weighted by Crippen LogP contribution is 2.33. The minimum Gasteiger partial charge on any atom is -0.382 e. The van der Waals surface area contributed by atoms with Gasteiger partial charge in [-0.1, -0.05) is 32.9 Å². The molecular formula is C22H30N6. The third kappa shape index (κ3) is 3.83. The molecule has 148 valence electrons. The predicted octanol–water partition coefficient (Wildman–Crippen LogP) is 4.34. The van der Waals surface area contributed by atoms with Crippen molar-refractivity contribution < 1.29 is 0 Å². The summed E-state index contributed by atoms with van der Waals surface area (Å²) in [5.41, 5.74) is 17.3. The van der Waals surface area contributed by atoms with Gasteiger partial charge in [-0.3, -0.25) is 0 Å². The molecule has 1 aliphatic carbocycles. The van der Waals surface area contributed by atoms with Gasteiger partial charge in [0.25, 0.3) is 0 Å². The van der Waals surface area contributed by atoms with Crippen LogP contribution in [0.1, 0.15) is 63.6 Å². The number of anilines is 3. The number of hydrogen-bond donors (Lipinski definition) is 3. The highest BCUT2D eigenvalue weighted by Gasteiger charge is 2.23. The van der Waals surface area contributed by atoms with Crippen LogP contribution in [-0.4, -0.2) is 20.6 Å². The third-order valence-corrected chi connectivity index (χ3v) is 5.68. The maximum absolute atomic E-state index is 6.05. The lowest BCUT2D eigenvalue weighted by Gasteiger charge is -2.24. The van der Waals surface area contributed by atoms with Gasteiger partial charge in [-0.25, -0.2) is 9.50 Å². The maximum Gasteiger partial charge on any atom is 0.177 e. The average molecular weight is 379 g/mol. The molecule has 4 rings (SSSR count). The van der Waals surface area contributed by atoms with Gasteiger partial charge in [0, 0.05) is 23.7 Å². The number of rotatable bonds is 3. The van der Waals surface area contributed by atoms with Crippen LogP contribution in [0.4, 0.5) is 17.2 Å². The van der Waals surface area contributed by atoms with Gasteiger partial charge in [0.05, 0.1) is 17.6 Å². The molecule has 1 fully saturated rings. The van der Waals surface area contributed by atoms with E-state index in [-0.39, 0.29) is 5.41 Å². The summed E-state index contributed by atoms with van der Waals surface area (Å²) >= 11 is 0. The lowest BCUT2D eigenvalue weighted by molar-refractivity contribution is 0.391. The Labute approximate surface area is 166 Å². The standard InChI is InChI=1S/C22H30N6/c1-22(2,3)15-6-10-17(11-7-15)25-18-12-20(24)27-28-13-19(26-21(18)28)14-4-8-16(23)9-5-14/h6-7,10-14,16,25H,4-5,8-9,23H2,1-3H3,(H2,24,27). The summed E-state index contributed by atoms with van der Waals surface area (Å²) in [4.78, 5) is 4.90. The summed E-state index contributed by atoms with van der Waals surface area (Å²) in [5.74, 6) is 0.914. The second kappa shape index (κ2) is 7.09. The van der Waals surface area contributed by atoms with Crippen LogP contribution in [0.3, 0.4) is 0 Å². The van der Waals surface area contributed by atoms with Gasteiger partial charge in [-0.15, -0.1) is 5.10 Å². The molecule has 0 spiro atoms. The first-order chi connectivity index (χ1) is 13.3.